The number of carbonyl (C=O) groups excluding carboxylic acids is 1. The fourth-order valence-corrected chi connectivity index (χ4v) is 2.07. The average Bonchev–Trinajstić information content (AvgIpc) is 2.30. The first-order valence-corrected chi connectivity index (χ1v) is 6.53. The topological polar surface area (TPSA) is 88.2 Å². The molecule has 2 unspecified atom stereocenters. The fourth-order valence-electron chi connectivity index (χ4n) is 1.45. The Kier molecular flexibility index (Phi) is 5.24. The largest absolute Gasteiger partial charge is 0.395 e. The molecule has 1 aromatic heterocycles. The first-order chi connectivity index (χ1) is 8.08. The van der Waals surface area contributed by atoms with E-state index in [4.69, 9.17) is 10.8 Å². The molecule has 6 heteroatoms. The molecule has 0 saturated carbocycles. The summed E-state index contributed by atoms with van der Waals surface area (Å²) in [6.07, 6.45) is 3.47. The van der Waals surface area contributed by atoms with E-state index in [1.165, 1.54) is 6.20 Å². The second kappa shape index (κ2) is 6.46. The van der Waals surface area contributed by atoms with Gasteiger partial charge in [0.05, 0.1) is 6.61 Å². The van der Waals surface area contributed by atoms with E-state index < -0.39 is 5.91 Å². The van der Waals surface area contributed by atoms with Crippen LogP contribution in [0.15, 0.2) is 18.3 Å². The van der Waals surface area contributed by atoms with Gasteiger partial charge in [-0.25, -0.2) is 0 Å². The van der Waals surface area contributed by atoms with Crippen molar-refractivity contribution in [3.63, 3.8) is 0 Å². The van der Waals surface area contributed by atoms with Crippen molar-refractivity contribution < 1.29 is 9.90 Å². The summed E-state index contributed by atoms with van der Waals surface area (Å²) in [4.78, 5) is 14.8. The van der Waals surface area contributed by atoms with Crippen LogP contribution >= 0.6 is 11.8 Å². The van der Waals surface area contributed by atoms with E-state index in [9.17, 15) is 4.79 Å². The predicted octanol–water partition coefficient (Wildman–Crippen LogP) is 0.705. The summed E-state index contributed by atoms with van der Waals surface area (Å²) in [5.74, 6) is -0.551. The van der Waals surface area contributed by atoms with Gasteiger partial charge in [-0.15, -0.1) is 0 Å². The van der Waals surface area contributed by atoms with Crippen LogP contribution in [-0.2, 0) is 0 Å². The van der Waals surface area contributed by atoms with Gasteiger partial charge in [0.25, 0.3) is 5.91 Å². The number of aliphatic hydroxyl groups excluding tert-OH is 1. The first kappa shape index (κ1) is 13.8. The second-order valence-electron chi connectivity index (χ2n) is 3.68. The summed E-state index contributed by atoms with van der Waals surface area (Å²) in [6, 6.07) is 3.45. The van der Waals surface area contributed by atoms with Crippen LogP contribution in [0.25, 0.3) is 0 Å². The van der Waals surface area contributed by atoms with E-state index in [0.717, 1.165) is 5.69 Å². The molecule has 0 aromatic carbocycles. The van der Waals surface area contributed by atoms with E-state index in [2.05, 4.69) is 10.3 Å². The van der Waals surface area contributed by atoms with Gasteiger partial charge < -0.3 is 16.2 Å². The quantitative estimate of drug-likeness (QED) is 0.696. The lowest BCUT2D eigenvalue weighted by Crippen LogP contribution is -2.31. The van der Waals surface area contributed by atoms with Crippen LogP contribution in [0.1, 0.15) is 17.4 Å². The normalized spacial score (nSPS) is 14.1. The monoisotopic (exact) mass is 255 g/mol. The van der Waals surface area contributed by atoms with Crippen molar-refractivity contribution in [2.24, 2.45) is 5.73 Å². The molecule has 1 amide bonds. The molecular weight excluding hydrogens is 238 g/mol. The Morgan fingerprint density at radius 1 is 1.71 bits per heavy atom. The van der Waals surface area contributed by atoms with E-state index >= 15 is 0 Å². The maximum Gasteiger partial charge on any atom is 0.267 e. The molecule has 4 N–H and O–H groups in total. The van der Waals surface area contributed by atoms with Crippen molar-refractivity contribution in [3.8, 4) is 0 Å². The molecule has 0 aliphatic rings. The molecule has 94 valence electrons. The number of nitrogens with two attached hydrogens (primary N) is 1. The predicted molar refractivity (Wildman–Crippen MR) is 70.2 cm³/mol. The van der Waals surface area contributed by atoms with Crippen molar-refractivity contribution in [3.05, 3.63) is 24.0 Å². The molecule has 2 atom stereocenters. The van der Waals surface area contributed by atoms with E-state index in [1.807, 2.05) is 13.2 Å². The van der Waals surface area contributed by atoms with Gasteiger partial charge in [0.15, 0.2) is 0 Å². The van der Waals surface area contributed by atoms with Gasteiger partial charge in [-0.1, -0.05) is 0 Å². The summed E-state index contributed by atoms with van der Waals surface area (Å²) >= 11 is 1.59. The molecule has 1 aromatic rings. The number of hydrogen-bond donors (Lipinski definition) is 3. The molecule has 0 saturated heterocycles. The number of aromatic nitrogens is 1. The van der Waals surface area contributed by atoms with Crippen molar-refractivity contribution in [1.29, 1.82) is 0 Å². The number of nitrogens with zero attached hydrogens (tertiary/aromatic N) is 1. The maximum atomic E-state index is 11.0. The number of hydrogen-bond acceptors (Lipinski definition) is 5. The molecular formula is C11H17N3O2S. The Labute approximate surface area is 105 Å². The molecule has 0 fully saturated rings. The zero-order valence-corrected chi connectivity index (χ0v) is 10.7. The highest BCUT2D eigenvalue weighted by molar-refractivity contribution is 7.99. The van der Waals surface area contributed by atoms with Gasteiger partial charge in [0.2, 0.25) is 0 Å². The van der Waals surface area contributed by atoms with E-state index in [1.54, 1.807) is 23.9 Å². The number of anilines is 1. The molecule has 5 nitrogen and oxygen atoms in total. The molecule has 1 heterocycles. The number of primary amides is 1. The third kappa shape index (κ3) is 3.90. The summed E-state index contributed by atoms with van der Waals surface area (Å²) in [5, 5.41) is 12.5. The number of carbonyl (C=O) groups is 1. The fraction of sp³-hybridized carbons (Fsp3) is 0.455. The zero-order chi connectivity index (χ0) is 12.8. The number of pyridine rings is 1. The number of thioether (sulfide) groups is 1. The van der Waals surface area contributed by atoms with Crippen LogP contribution in [0.4, 0.5) is 5.69 Å². The highest BCUT2D eigenvalue weighted by Gasteiger charge is 2.15. The number of aliphatic hydroxyl groups is 1. The molecule has 0 aliphatic carbocycles. The molecule has 1 rings (SSSR count). The zero-order valence-electron chi connectivity index (χ0n) is 9.88. The Morgan fingerprint density at radius 2 is 2.41 bits per heavy atom. The highest BCUT2D eigenvalue weighted by Crippen LogP contribution is 2.16. The summed E-state index contributed by atoms with van der Waals surface area (Å²) < 4.78 is 0. The Morgan fingerprint density at radius 3 is 2.94 bits per heavy atom. The molecule has 0 spiro atoms. The van der Waals surface area contributed by atoms with Gasteiger partial charge in [-0.2, -0.15) is 11.8 Å². The summed E-state index contributed by atoms with van der Waals surface area (Å²) in [6.45, 7) is 2.07. The summed E-state index contributed by atoms with van der Waals surface area (Å²) in [5.41, 5.74) is 6.15. The van der Waals surface area contributed by atoms with Gasteiger partial charge in [0, 0.05) is 23.2 Å². The minimum Gasteiger partial charge on any atom is -0.395 e. The third-order valence-corrected chi connectivity index (χ3v) is 3.61. The van der Waals surface area contributed by atoms with E-state index in [0.29, 0.717) is 0 Å². The molecule has 0 bridgehead atoms. The Bertz CT molecular complexity index is 383. The lowest BCUT2D eigenvalue weighted by atomic mass is 10.2. The lowest BCUT2D eigenvalue weighted by Gasteiger charge is -2.22. The lowest BCUT2D eigenvalue weighted by molar-refractivity contribution is 0.0995. The summed E-state index contributed by atoms with van der Waals surface area (Å²) in [7, 11) is 0. The molecule has 0 radical (unpaired) electrons. The Balaban J connectivity index is 2.74. The van der Waals surface area contributed by atoms with Crippen LogP contribution in [-0.4, -0.2) is 40.2 Å². The van der Waals surface area contributed by atoms with Gasteiger partial charge in [-0.3, -0.25) is 9.78 Å². The third-order valence-electron chi connectivity index (χ3n) is 2.45. The highest BCUT2D eigenvalue weighted by atomic mass is 32.2. The maximum absolute atomic E-state index is 11.0. The van der Waals surface area contributed by atoms with Gasteiger partial charge in [-0.05, 0) is 25.3 Å². The minimum atomic E-state index is -0.551. The molecule has 0 aliphatic heterocycles. The van der Waals surface area contributed by atoms with Crippen molar-refractivity contribution >= 4 is 23.4 Å². The van der Waals surface area contributed by atoms with E-state index in [-0.39, 0.29) is 23.6 Å². The van der Waals surface area contributed by atoms with Crippen LogP contribution in [0.5, 0.6) is 0 Å². The number of amides is 1. The van der Waals surface area contributed by atoms with Crippen LogP contribution in [0.2, 0.25) is 0 Å². The van der Waals surface area contributed by atoms with Crippen LogP contribution in [0, 0.1) is 0 Å². The van der Waals surface area contributed by atoms with Gasteiger partial charge in [0.1, 0.15) is 5.69 Å². The Hall–Kier alpha value is -1.27. The SMILES string of the molecule is CSC(CO)C(C)Nc1ccnc(C(N)=O)c1. The first-order valence-electron chi connectivity index (χ1n) is 5.24. The van der Waals surface area contributed by atoms with Crippen molar-refractivity contribution in [1.82, 2.24) is 4.98 Å². The molecule has 17 heavy (non-hydrogen) atoms. The standard InChI is InChI=1S/C11H17N3O2S/c1-7(10(6-15)17-2)14-8-3-4-13-9(5-8)11(12)16/h3-5,7,10,15H,6H2,1-2H3,(H2,12,16)(H,13,14). The average molecular weight is 255 g/mol. The smallest absolute Gasteiger partial charge is 0.267 e. The second-order valence-corrected chi connectivity index (χ2v) is 4.76. The van der Waals surface area contributed by atoms with Crippen molar-refractivity contribution in [2.75, 3.05) is 18.2 Å². The van der Waals surface area contributed by atoms with Crippen molar-refractivity contribution in [2.45, 2.75) is 18.2 Å². The minimum absolute atomic E-state index is 0.0816. The van der Waals surface area contributed by atoms with Crippen LogP contribution < -0.4 is 11.1 Å². The number of rotatable bonds is 6. The van der Waals surface area contributed by atoms with Crippen LogP contribution in [0.3, 0.4) is 0 Å². The number of nitrogens with one attached hydrogen (secondary N) is 1. The van der Waals surface area contributed by atoms with Gasteiger partial charge >= 0.3 is 0 Å².